The van der Waals surface area contributed by atoms with Crippen LogP contribution in [0.25, 0.3) is 20.8 Å². The lowest BCUT2D eigenvalue weighted by Gasteiger charge is -2.25. The van der Waals surface area contributed by atoms with Crippen LogP contribution < -0.4 is 10.9 Å². The van der Waals surface area contributed by atoms with E-state index < -0.39 is 5.60 Å². The molecule has 3 heterocycles. The molecule has 2 atom stereocenters. The Bertz CT molecular complexity index is 1080. The van der Waals surface area contributed by atoms with E-state index in [1.54, 1.807) is 6.20 Å². The summed E-state index contributed by atoms with van der Waals surface area (Å²) in [4.78, 5) is 28.5. The normalized spacial score (nSPS) is 20.0. The monoisotopic (exact) mass is 399 g/mol. The smallest absolute Gasteiger partial charge is 0.275 e. The summed E-state index contributed by atoms with van der Waals surface area (Å²) in [6.45, 7) is 7.57. The maximum Gasteiger partial charge on any atom is 0.275 e. The average Bonchev–Trinajstić information content (AvgIpc) is 3.21. The van der Waals surface area contributed by atoms with Crippen LogP contribution in [0.15, 0.2) is 17.1 Å². The molecular weight excluding hydrogens is 374 g/mol. The summed E-state index contributed by atoms with van der Waals surface area (Å²) in [5, 5.41) is 14.6. The highest BCUT2D eigenvalue weighted by atomic mass is 32.1. The van der Waals surface area contributed by atoms with Crippen LogP contribution in [0.3, 0.4) is 0 Å². The Morgan fingerprint density at radius 2 is 2.04 bits per heavy atom. The van der Waals surface area contributed by atoms with E-state index in [2.05, 4.69) is 25.3 Å². The van der Waals surface area contributed by atoms with Crippen molar-refractivity contribution in [1.82, 2.24) is 19.9 Å². The third-order valence-electron chi connectivity index (χ3n) is 5.51. The zero-order valence-corrected chi connectivity index (χ0v) is 17.4. The van der Waals surface area contributed by atoms with Crippen molar-refractivity contribution < 1.29 is 5.11 Å². The number of aromatic amines is 1. The maximum absolute atomic E-state index is 12.1. The number of thiazole rings is 1. The van der Waals surface area contributed by atoms with Crippen molar-refractivity contribution in [2.75, 3.05) is 5.32 Å². The summed E-state index contributed by atoms with van der Waals surface area (Å²) < 4.78 is 0.840. The Morgan fingerprint density at radius 1 is 1.25 bits per heavy atom. The molecule has 0 spiro atoms. The predicted molar refractivity (Wildman–Crippen MR) is 112 cm³/mol. The number of fused-ring (bicyclic) bond motifs is 1. The molecule has 0 saturated heterocycles. The first kappa shape index (κ1) is 19.0. The lowest BCUT2D eigenvalue weighted by atomic mass is 9.89. The van der Waals surface area contributed by atoms with Crippen LogP contribution in [-0.2, 0) is 0 Å². The number of H-pyrrole nitrogens is 1. The van der Waals surface area contributed by atoms with Crippen LogP contribution in [0.5, 0.6) is 0 Å². The largest absolute Gasteiger partial charge is 0.390 e. The van der Waals surface area contributed by atoms with Crippen LogP contribution in [0, 0.1) is 19.8 Å². The molecule has 1 fully saturated rings. The van der Waals surface area contributed by atoms with Gasteiger partial charge in [0.05, 0.1) is 21.6 Å². The number of anilines is 1. The minimum absolute atomic E-state index is 0.191. The van der Waals surface area contributed by atoms with E-state index in [1.165, 1.54) is 11.3 Å². The topological polar surface area (TPSA) is 104 Å². The molecule has 3 aromatic rings. The molecule has 4 rings (SSSR count). The summed E-state index contributed by atoms with van der Waals surface area (Å²) in [7, 11) is 0. The van der Waals surface area contributed by atoms with Crippen molar-refractivity contribution in [2.45, 2.75) is 58.6 Å². The van der Waals surface area contributed by atoms with Gasteiger partial charge < -0.3 is 15.4 Å². The van der Waals surface area contributed by atoms with E-state index in [9.17, 15) is 9.90 Å². The SMILES string of the molecule is Cc1nc(C)c(-c2nc3c(=O)[nH]ccc3s2)c(NC2CCC(C(C)(C)O)C2)n1. The van der Waals surface area contributed by atoms with E-state index in [4.69, 9.17) is 0 Å². The minimum atomic E-state index is -0.676. The summed E-state index contributed by atoms with van der Waals surface area (Å²) in [6.07, 6.45) is 4.50. The van der Waals surface area contributed by atoms with Crippen LogP contribution in [0.4, 0.5) is 5.82 Å². The summed E-state index contributed by atoms with van der Waals surface area (Å²) in [5.41, 5.74) is 1.26. The summed E-state index contributed by atoms with van der Waals surface area (Å²) in [5.74, 6) is 1.71. The highest BCUT2D eigenvalue weighted by Crippen LogP contribution is 2.38. The second-order valence-electron chi connectivity index (χ2n) is 8.12. The van der Waals surface area contributed by atoms with Crippen molar-refractivity contribution in [2.24, 2.45) is 5.92 Å². The summed E-state index contributed by atoms with van der Waals surface area (Å²) in [6, 6.07) is 2.10. The lowest BCUT2D eigenvalue weighted by Crippen LogP contribution is -2.30. The summed E-state index contributed by atoms with van der Waals surface area (Å²) >= 11 is 1.47. The van der Waals surface area contributed by atoms with Crippen molar-refractivity contribution in [3.8, 4) is 10.6 Å². The fourth-order valence-corrected chi connectivity index (χ4v) is 5.06. The Morgan fingerprint density at radius 3 is 2.71 bits per heavy atom. The molecule has 3 aromatic heterocycles. The van der Waals surface area contributed by atoms with Crippen LogP contribution >= 0.6 is 11.3 Å². The third-order valence-corrected chi connectivity index (χ3v) is 6.54. The number of nitrogens with one attached hydrogen (secondary N) is 2. The van der Waals surface area contributed by atoms with Gasteiger partial charge in [0.2, 0.25) is 0 Å². The number of hydrogen-bond donors (Lipinski definition) is 3. The van der Waals surface area contributed by atoms with Gasteiger partial charge in [-0.1, -0.05) is 0 Å². The number of aromatic nitrogens is 4. The molecule has 148 valence electrons. The van der Waals surface area contributed by atoms with Crippen molar-refractivity contribution >= 4 is 27.4 Å². The van der Waals surface area contributed by atoms with Crippen LogP contribution in [0.1, 0.15) is 44.6 Å². The molecule has 0 amide bonds. The second-order valence-corrected chi connectivity index (χ2v) is 9.15. The molecule has 3 N–H and O–H groups in total. The number of hydrogen-bond acceptors (Lipinski definition) is 7. The molecule has 0 aliphatic heterocycles. The van der Waals surface area contributed by atoms with Gasteiger partial charge in [0.1, 0.15) is 22.2 Å². The number of aryl methyl sites for hydroxylation is 2. The van der Waals surface area contributed by atoms with Gasteiger partial charge in [-0.05, 0) is 58.9 Å². The van der Waals surface area contributed by atoms with E-state index in [0.717, 1.165) is 46.0 Å². The number of nitrogens with zero attached hydrogens (tertiary/aromatic N) is 3. The minimum Gasteiger partial charge on any atom is -0.390 e. The number of aliphatic hydroxyl groups is 1. The molecule has 0 radical (unpaired) electrons. The molecule has 0 aromatic carbocycles. The van der Waals surface area contributed by atoms with Gasteiger partial charge in [-0.15, -0.1) is 11.3 Å². The quantitative estimate of drug-likeness (QED) is 0.621. The molecule has 7 nitrogen and oxygen atoms in total. The Kier molecular flexibility index (Phi) is 4.71. The van der Waals surface area contributed by atoms with Crippen molar-refractivity contribution in [3.05, 3.63) is 34.1 Å². The fourth-order valence-electron chi connectivity index (χ4n) is 4.00. The van der Waals surface area contributed by atoms with E-state index in [1.807, 2.05) is 33.8 Å². The molecule has 1 saturated carbocycles. The lowest BCUT2D eigenvalue weighted by molar-refractivity contribution is 0.0197. The Hall–Kier alpha value is -2.32. The van der Waals surface area contributed by atoms with E-state index in [-0.39, 0.29) is 17.5 Å². The highest BCUT2D eigenvalue weighted by molar-refractivity contribution is 7.21. The van der Waals surface area contributed by atoms with Gasteiger partial charge in [0.25, 0.3) is 5.56 Å². The molecular formula is C20H25N5O2S. The van der Waals surface area contributed by atoms with Gasteiger partial charge in [-0.2, -0.15) is 0 Å². The van der Waals surface area contributed by atoms with Gasteiger partial charge in [-0.25, -0.2) is 15.0 Å². The number of rotatable bonds is 4. The van der Waals surface area contributed by atoms with E-state index in [0.29, 0.717) is 11.3 Å². The number of pyridine rings is 1. The third kappa shape index (κ3) is 3.54. The first-order valence-corrected chi connectivity index (χ1v) is 10.4. The molecule has 28 heavy (non-hydrogen) atoms. The average molecular weight is 400 g/mol. The Balaban J connectivity index is 1.72. The van der Waals surface area contributed by atoms with Gasteiger partial charge in [-0.3, -0.25) is 4.79 Å². The van der Waals surface area contributed by atoms with Gasteiger partial charge in [0, 0.05) is 12.2 Å². The predicted octanol–water partition coefficient (Wildman–Crippen LogP) is 3.41. The molecule has 8 heteroatoms. The molecule has 1 aliphatic rings. The zero-order valence-electron chi connectivity index (χ0n) is 16.5. The standard InChI is InChI=1S/C20H25N5O2S/c1-10-15(19-25-16-14(28-19)7-8-21-18(16)26)17(23-11(2)22-10)24-13-6-5-12(9-13)20(3,4)27/h7-8,12-13,27H,5-6,9H2,1-4H3,(H,21,26)(H,22,23,24). The second kappa shape index (κ2) is 6.93. The first-order valence-electron chi connectivity index (χ1n) is 9.55. The van der Waals surface area contributed by atoms with Crippen molar-refractivity contribution in [1.29, 1.82) is 0 Å². The van der Waals surface area contributed by atoms with Crippen molar-refractivity contribution in [3.63, 3.8) is 0 Å². The molecule has 0 bridgehead atoms. The van der Waals surface area contributed by atoms with Crippen LogP contribution in [-0.4, -0.2) is 36.7 Å². The maximum atomic E-state index is 12.1. The fraction of sp³-hybridized carbons (Fsp3) is 0.500. The first-order chi connectivity index (χ1) is 13.2. The highest BCUT2D eigenvalue weighted by Gasteiger charge is 2.35. The molecule has 2 unspecified atom stereocenters. The van der Waals surface area contributed by atoms with Gasteiger partial charge in [0.15, 0.2) is 0 Å². The van der Waals surface area contributed by atoms with Crippen LogP contribution in [0.2, 0.25) is 0 Å². The molecule has 1 aliphatic carbocycles. The van der Waals surface area contributed by atoms with Gasteiger partial charge >= 0.3 is 0 Å². The Labute approximate surface area is 167 Å². The van der Waals surface area contributed by atoms with E-state index >= 15 is 0 Å². The zero-order chi connectivity index (χ0) is 20.1.